The normalized spacial score (nSPS) is 11.9. The van der Waals surface area contributed by atoms with E-state index in [1.165, 1.54) is 19.3 Å². The SMILES string of the molecule is COC(/C=C/C=O)=C/O. The van der Waals surface area contributed by atoms with Crippen LogP contribution >= 0.6 is 0 Å². The number of allylic oxidation sites excluding steroid dienone is 2. The predicted octanol–water partition coefficient (Wildman–Crippen LogP) is 0.787. The van der Waals surface area contributed by atoms with E-state index in [0.717, 1.165) is 6.26 Å². The fourth-order valence-electron chi connectivity index (χ4n) is 0.298. The van der Waals surface area contributed by atoms with Crippen molar-refractivity contribution in [3.8, 4) is 0 Å². The van der Waals surface area contributed by atoms with Crippen LogP contribution in [0.4, 0.5) is 0 Å². The Labute approximate surface area is 53.3 Å². The summed E-state index contributed by atoms with van der Waals surface area (Å²) in [6.45, 7) is 0. The molecule has 0 aromatic heterocycles. The van der Waals surface area contributed by atoms with Gasteiger partial charge in [-0.2, -0.15) is 0 Å². The number of ether oxygens (including phenoxy) is 1. The second kappa shape index (κ2) is 4.90. The maximum atomic E-state index is 9.69. The highest BCUT2D eigenvalue weighted by Gasteiger charge is 1.83. The zero-order valence-electron chi connectivity index (χ0n) is 5.07. The summed E-state index contributed by atoms with van der Waals surface area (Å²) in [5, 5.41) is 8.30. The average molecular weight is 128 g/mol. The molecule has 0 unspecified atom stereocenters. The largest absolute Gasteiger partial charge is 0.512 e. The minimum Gasteiger partial charge on any atom is -0.512 e. The summed E-state index contributed by atoms with van der Waals surface area (Å²) in [5.74, 6) is 0.252. The molecule has 0 aromatic carbocycles. The molecule has 3 heteroatoms. The van der Waals surface area contributed by atoms with Gasteiger partial charge in [-0.05, 0) is 12.2 Å². The summed E-state index contributed by atoms with van der Waals surface area (Å²) in [6.07, 6.45) is 3.96. The molecule has 0 aliphatic rings. The van der Waals surface area contributed by atoms with Crippen LogP contribution in [-0.4, -0.2) is 18.5 Å². The third-order valence-corrected chi connectivity index (χ3v) is 0.702. The summed E-state index contributed by atoms with van der Waals surface area (Å²) in [5.41, 5.74) is 0. The third kappa shape index (κ3) is 3.34. The lowest BCUT2D eigenvalue weighted by Gasteiger charge is -1.93. The average Bonchev–Trinajstić information content (AvgIpc) is 1.91. The number of carbonyl (C=O) groups is 1. The molecule has 3 nitrogen and oxygen atoms in total. The van der Waals surface area contributed by atoms with Crippen molar-refractivity contribution in [1.29, 1.82) is 0 Å². The van der Waals surface area contributed by atoms with Gasteiger partial charge >= 0.3 is 0 Å². The molecule has 0 fully saturated rings. The van der Waals surface area contributed by atoms with Gasteiger partial charge in [0.15, 0.2) is 5.76 Å². The molecule has 0 heterocycles. The van der Waals surface area contributed by atoms with Gasteiger partial charge < -0.3 is 9.84 Å². The van der Waals surface area contributed by atoms with Gasteiger partial charge in [-0.15, -0.1) is 0 Å². The van der Waals surface area contributed by atoms with E-state index in [4.69, 9.17) is 5.11 Å². The number of aliphatic hydroxyl groups excluding tert-OH is 1. The molecule has 0 atom stereocenters. The van der Waals surface area contributed by atoms with E-state index in [1.54, 1.807) is 0 Å². The van der Waals surface area contributed by atoms with Crippen LogP contribution in [0.5, 0.6) is 0 Å². The smallest absolute Gasteiger partial charge is 0.153 e. The number of rotatable bonds is 3. The van der Waals surface area contributed by atoms with Gasteiger partial charge in [-0.25, -0.2) is 0 Å². The molecule has 0 aliphatic heterocycles. The van der Waals surface area contributed by atoms with Crippen LogP contribution in [0.15, 0.2) is 24.2 Å². The van der Waals surface area contributed by atoms with Gasteiger partial charge in [0.05, 0.1) is 7.11 Å². The second-order valence-electron chi connectivity index (χ2n) is 1.23. The minimum absolute atomic E-state index is 0.252. The molecule has 0 saturated carbocycles. The number of aliphatic hydroxyl groups is 1. The highest BCUT2D eigenvalue weighted by atomic mass is 16.5. The Hall–Kier alpha value is -1.25. The van der Waals surface area contributed by atoms with Crippen LogP contribution < -0.4 is 0 Å². The summed E-state index contributed by atoms with van der Waals surface area (Å²) in [7, 11) is 1.40. The van der Waals surface area contributed by atoms with Crippen LogP contribution in [0.25, 0.3) is 0 Å². The number of methoxy groups -OCH3 is 1. The third-order valence-electron chi connectivity index (χ3n) is 0.702. The highest BCUT2D eigenvalue weighted by molar-refractivity contribution is 5.65. The lowest BCUT2D eigenvalue weighted by atomic mass is 10.4. The number of carbonyl (C=O) groups excluding carboxylic acids is 1. The molecule has 0 aliphatic carbocycles. The quantitative estimate of drug-likeness (QED) is 0.264. The first-order valence-electron chi connectivity index (χ1n) is 2.35. The summed E-state index contributed by atoms with van der Waals surface area (Å²) in [6, 6.07) is 0. The Balaban J connectivity index is 3.84. The fraction of sp³-hybridized carbons (Fsp3) is 0.167. The topological polar surface area (TPSA) is 46.5 Å². The van der Waals surface area contributed by atoms with Crippen molar-refractivity contribution in [3.63, 3.8) is 0 Å². The number of hydrogen-bond donors (Lipinski definition) is 1. The van der Waals surface area contributed by atoms with E-state index in [9.17, 15) is 4.79 Å². The monoisotopic (exact) mass is 128 g/mol. The molecule has 0 aromatic rings. The molecular weight excluding hydrogens is 120 g/mol. The number of aldehydes is 1. The molecule has 0 bridgehead atoms. The Bertz CT molecular complexity index is 135. The summed E-state index contributed by atoms with van der Waals surface area (Å²) < 4.78 is 4.57. The van der Waals surface area contributed by atoms with Crippen molar-refractivity contribution in [2.45, 2.75) is 0 Å². The Morgan fingerprint density at radius 3 is 2.67 bits per heavy atom. The van der Waals surface area contributed by atoms with Crippen molar-refractivity contribution in [1.82, 2.24) is 0 Å². The van der Waals surface area contributed by atoms with Crippen LogP contribution in [0.1, 0.15) is 0 Å². The molecule has 0 saturated heterocycles. The van der Waals surface area contributed by atoms with Crippen LogP contribution in [0, 0.1) is 0 Å². The van der Waals surface area contributed by atoms with Crippen LogP contribution in [0.2, 0.25) is 0 Å². The molecule has 9 heavy (non-hydrogen) atoms. The fourth-order valence-corrected chi connectivity index (χ4v) is 0.298. The van der Waals surface area contributed by atoms with Gasteiger partial charge in [0.2, 0.25) is 0 Å². The standard InChI is InChI=1S/C6H8O3/c1-9-6(5-8)3-2-4-7/h2-5,8H,1H3/b3-2+,6-5+. The van der Waals surface area contributed by atoms with Crippen LogP contribution in [0.3, 0.4) is 0 Å². The molecule has 50 valence electrons. The van der Waals surface area contributed by atoms with Crippen molar-refractivity contribution < 1.29 is 14.6 Å². The van der Waals surface area contributed by atoms with Gasteiger partial charge in [0.25, 0.3) is 0 Å². The maximum absolute atomic E-state index is 9.69. The van der Waals surface area contributed by atoms with Crippen molar-refractivity contribution in [2.75, 3.05) is 7.11 Å². The lowest BCUT2D eigenvalue weighted by Crippen LogP contribution is -1.80. The first-order valence-corrected chi connectivity index (χ1v) is 2.35. The molecule has 1 N–H and O–H groups in total. The predicted molar refractivity (Wildman–Crippen MR) is 32.9 cm³/mol. The first-order chi connectivity index (χ1) is 4.35. The number of hydrogen-bond acceptors (Lipinski definition) is 3. The van der Waals surface area contributed by atoms with Crippen molar-refractivity contribution in [2.24, 2.45) is 0 Å². The van der Waals surface area contributed by atoms with Gasteiger partial charge in [-0.1, -0.05) is 0 Å². The minimum atomic E-state index is 0.252. The van der Waals surface area contributed by atoms with E-state index in [-0.39, 0.29) is 5.76 Å². The van der Waals surface area contributed by atoms with E-state index in [2.05, 4.69) is 4.74 Å². The van der Waals surface area contributed by atoms with E-state index in [0.29, 0.717) is 6.29 Å². The van der Waals surface area contributed by atoms with Crippen LogP contribution in [-0.2, 0) is 9.53 Å². The van der Waals surface area contributed by atoms with Gasteiger partial charge in [-0.3, -0.25) is 4.79 Å². The van der Waals surface area contributed by atoms with E-state index >= 15 is 0 Å². The second-order valence-corrected chi connectivity index (χ2v) is 1.23. The Morgan fingerprint density at radius 1 is 1.67 bits per heavy atom. The summed E-state index contributed by atoms with van der Waals surface area (Å²) >= 11 is 0. The Kier molecular flexibility index (Phi) is 4.22. The molecular formula is C6H8O3. The highest BCUT2D eigenvalue weighted by Crippen LogP contribution is 1.93. The van der Waals surface area contributed by atoms with E-state index in [1.807, 2.05) is 0 Å². The lowest BCUT2D eigenvalue weighted by molar-refractivity contribution is -0.104. The zero-order valence-corrected chi connectivity index (χ0v) is 5.07. The van der Waals surface area contributed by atoms with Gasteiger partial charge in [0, 0.05) is 0 Å². The summed E-state index contributed by atoms with van der Waals surface area (Å²) in [4.78, 5) is 9.69. The molecule has 0 radical (unpaired) electrons. The van der Waals surface area contributed by atoms with Gasteiger partial charge in [0.1, 0.15) is 12.5 Å². The van der Waals surface area contributed by atoms with Crippen molar-refractivity contribution in [3.05, 3.63) is 24.2 Å². The Morgan fingerprint density at radius 2 is 2.33 bits per heavy atom. The zero-order chi connectivity index (χ0) is 7.11. The molecule has 0 spiro atoms. The molecule has 0 amide bonds. The van der Waals surface area contributed by atoms with E-state index < -0.39 is 0 Å². The first kappa shape index (κ1) is 7.75. The van der Waals surface area contributed by atoms with Crippen molar-refractivity contribution >= 4 is 6.29 Å². The maximum Gasteiger partial charge on any atom is 0.153 e. The molecule has 0 rings (SSSR count).